The minimum absolute atomic E-state index is 0.0145. The second-order valence-corrected chi connectivity index (χ2v) is 9.33. The van der Waals surface area contributed by atoms with Gasteiger partial charge in [-0.15, -0.1) is 0 Å². The van der Waals surface area contributed by atoms with Gasteiger partial charge in [-0.25, -0.2) is 13.8 Å². The molecule has 2 aromatic rings. The molecule has 34 heavy (non-hydrogen) atoms. The van der Waals surface area contributed by atoms with Gasteiger partial charge in [-0.3, -0.25) is 24.0 Å². The number of amides is 2. The highest BCUT2D eigenvalue weighted by molar-refractivity contribution is 7.92. The van der Waals surface area contributed by atoms with E-state index >= 15 is 0 Å². The van der Waals surface area contributed by atoms with Crippen LogP contribution in [0.25, 0.3) is 0 Å². The number of hydrogen-bond donors (Lipinski definition) is 2. The summed E-state index contributed by atoms with van der Waals surface area (Å²) in [6, 6.07) is 11.5. The number of carbonyl (C=O) groups excluding carboxylic acids is 2. The molecule has 0 radical (unpaired) electrons. The molecule has 2 rings (SSSR count). The van der Waals surface area contributed by atoms with Crippen molar-refractivity contribution in [3.63, 3.8) is 0 Å². The van der Waals surface area contributed by atoms with Gasteiger partial charge in [0.25, 0.3) is 17.5 Å². The van der Waals surface area contributed by atoms with Crippen molar-refractivity contribution in [2.45, 2.75) is 19.9 Å². The topological polar surface area (TPSA) is 160 Å². The Morgan fingerprint density at radius 2 is 1.85 bits per heavy atom. The fraction of sp³-hybridized carbons (Fsp3) is 0.286. The van der Waals surface area contributed by atoms with Gasteiger partial charge in [0.15, 0.2) is 6.61 Å². The number of nitrogens with zero attached hydrogens (tertiary/aromatic N) is 3. The SMILES string of the molecule is CC(C)NC(=O)COc1ccc(/C=N\NC(=O)CN(c2cccc([N+](=O)[O-])c2)S(C)(=O)=O)cc1. The fourth-order valence-electron chi connectivity index (χ4n) is 2.67. The minimum Gasteiger partial charge on any atom is -0.484 e. The molecule has 0 heterocycles. The maximum absolute atomic E-state index is 12.2. The van der Waals surface area contributed by atoms with Crippen molar-refractivity contribution >= 4 is 39.4 Å². The van der Waals surface area contributed by atoms with Gasteiger partial charge in [-0.1, -0.05) is 6.07 Å². The molecule has 12 nitrogen and oxygen atoms in total. The van der Waals surface area contributed by atoms with Gasteiger partial charge in [0.2, 0.25) is 10.0 Å². The first kappa shape index (κ1) is 26.3. The Kier molecular flexibility index (Phi) is 9.07. The van der Waals surface area contributed by atoms with Crippen LogP contribution in [0.3, 0.4) is 0 Å². The molecular weight excluding hydrogens is 466 g/mol. The Bertz CT molecular complexity index is 1160. The van der Waals surface area contributed by atoms with Gasteiger partial charge in [-0.05, 0) is 49.7 Å². The molecule has 182 valence electrons. The van der Waals surface area contributed by atoms with E-state index in [4.69, 9.17) is 4.74 Å². The third-order valence-corrected chi connectivity index (χ3v) is 5.26. The van der Waals surface area contributed by atoms with E-state index in [-0.39, 0.29) is 29.9 Å². The largest absolute Gasteiger partial charge is 0.484 e. The second-order valence-electron chi connectivity index (χ2n) is 7.42. The monoisotopic (exact) mass is 491 g/mol. The first-order chi connectivity index (χ1) is 16.0. The van der Waals surface area contributed by atoms with Gasteiger partial charge in [-0.2, -0.15) is 5.10 Å². The van der Waals surface area contributed by atoms with E-state index in [0.717, 1.165) is 16.6 Å². The first-order valence-electron chi connectivity index (χ1n) is 10.0. The first-order valence-corrected chi connectivity index (χ1v) is 11.9. The number of ether oxygens (including phenoxy) is 1. The molecule has 0 bridgehead atoms. The van der Waals surface area contributed by atoms with Crippen molar-refractivity contribution in [1.82, 2.24) is 10.7 Å². The van der Waals surface area contributed by atoms with Crippen LogP contribution in [-0.2, 0) is 19.6 Å². The van der Waals surface area contributed by atoms with Gasteiger partial charge < -0.3 is 10.1 Å². The average Bonchev–Trinajstić information content (AvgIpc) is 2.76. The number of nitrogens with one attached hydrogen (secondary N) is 2. The van der Waals surface area contributed by atoms with Gasteiger partial charge in [0, 0.05) is 18.2 Å². The molecular formula is C21H25N5O7S. The number of non-ortho nitro benzene ring substituents is 1. The van der Waals surface area contributed by atoms with E-state index in [9.17, 15) is 28.1 Å². The van der Waals surface area contributed by atoms with Crippen LogP contribution in [0, 0.1) is 10.1 Å². The summed E-state index contributed by atoms with van der Waals surface area (Å²) in [7, 11) is -3.90. The van der Waals surface area contributed by atoms with Crippen LogP contribution in [0.2, 0.25) is 0 Å². The summed E-state index contributed by atoms with van der Waals surface area (Å²) in [4.78, 5) is 34.1. The number of sulfonamides is 1. The van der Waals surface area contributed by atoms with E-state index in [1.807, 2.05) is 13.8 Å². The molecule has 2 N–H and O–H groups in total. The van der Waals surface area contributed by atoms with Crippen LogP contribution in [0.15, 0.2) is 53.6 Å². The molecule has 0 aliphatic heterocycles. The van der Waals surface area contributed by atoms with Crippen molar-refractivity contribution < 1.29 is 27.7 Å². The number of hydrogen-bond acceptors (Lipinski definition) is 8. The average molecular weight is 492 g/mol. The van der Waals surface area contributed by atoms with Crippen molar-refractivity contribution in [2.24, 2.45) is 5.10 Å². The summed E-state index contributed by atoms with van der Waals surface area (Å²) in [6.07, 6.45) is 2.23. The normalized spacial score (nSPS) is 11.3. The van der Waals surface area contributed by atoms with Crippen molar-refractivity contribution in [2.75, 3.05) is 23.7 Å². The van der Waals surface area contributed by atoms with Crippen molar-refractivity contribution in [3.8, 4) is 5.75 Å². The van der Waals surface area contributed by atoms with Gasteiger partial charge in [0.1, 0.15) is 12.3 Å². The smallest absolute Gasteiger partial charge is 0.271 e. The Morgan fingerprint density at radius 3 is 2.44 bits per heavy atom. The highest BCUT2D eigenvalue weighted by Gasteiger charge is 2.22. The number of hydrazone groups is 1. The summed E-state index contributed by atoms with van der Waals surface area (Å²) in [5, 5.41) is 17.5. The van der Waals surface area contributed by atoms with Crippen molar-refractivity contribution in [3.05, 3.63) is 64.2 Å². The molecule has 2 amide bonds. The van der Waals surface area contributed by atoms with Crippen LogP contribution < -0.4 is 19.8 Å². The van der Waals surface area contributed by atoms with Crippen LogP contribution >= 0.6 is 0 Å². The van der Waals surface area contributed by atoms with Gasteiger partial charge >= 0.3 is 0 Å². The zero-order valence-electron chi connectivity index (χ0n) is 18.8. The number of benzene rings is 2. The second kappa shape index (κ2) is 11.7. The lowest BCUT2D eigenvalue weighted by atomic mass is 10.2. The lowest BCUT2D eigenvalue weighted by Crippen LogP contribution is -2.39. The highest BCUT2D eigenvalue weighted by Crippen LogP contribution is 2.22. The molecule has 13 heteroatoms. The molecule has 0 fully saturated rings. The predicted molar refractivity (Wildman–Crippen MR) is 126 cm³/mol. The number of anilines is 1. The Hall–Kier alpha value is -4.00. The fourth-order valence-corrected chi connectivity index (χ4v) is 3.52. The third-order valence-electron chi connectivity index (χ3n) is 4.12. The molecule has 0 aliphatic rings. The Labute approximate surface area is 196 Å². The maximum atomic E-state index is 12.2. The summed E-state index contributed by atoms with van der Waals surface area (Å²) >= 11 is 0. The highest BCUT2D eigenvalue weighted by atomic mass is 32.2. The minimum atomic E-state index is -3.90. The predicted octanol–water partition coefficient (Wildman–Crippen LogP) is 1.41. The van der Waals surface area contributed by atoms with Crippen LogP contribution in [-0.4, -0.2) is 56.8 Å². The van der Waals surface area contributed by atoms with E-state index < -0.39 is 27.4 Å². The molecule has 0 aliphatic carbocycles. The van der Waals surface area contributed by atoms with E-state index in [0.29, 0.717) is 11.3 Å². The number of nitro benzene ring substituents is 1. The summed E-state index contributed by atoms with van der Waals surface area (Å²) < 4.78 is 30.4. The van der Waals surface area contributed by atoms with Crippen LogP contribution in [0.4, 0.5) is 11.4 Å². The molecule has 0 unspecified atom stereocenters. The van der Waals surface area contributed by atoms with E-state index in [1.54, 1.807) is 24.3 Å². The van der Waals surface area contributed by atoms with Gasteiger partial charge in [0.05, 0.1) is 23.1 Å². The Balaban J connectivity index is 1.96. The van der Waals surface area contributed by atoms with Crippen LogP contribution in [0.1, 0.15) is 19.4 Å². The molecule has 0 saturated heterocycles. The number of carbonyl (C=O) groups is 2. The molecule has 0 spiro atoms. The lowest BCUT2D eigenvalue weighted by Gasteiger charge is -2.21. The molecule has 0 aromatic heterocycles. The molecule has 0 saturated carbocycles. The molecule has 0 atom stereocenters. The quantitative estimate of drug-likeness (QED) is 0.273. The number of rotatable bonds is 11. The van der Waals surface area contributed by atoms with Crippen LogP contribution in [0.5, 0.6) is 5.75 Å². The Morgan fingerprint density at radius 1 is 1.18 bits per heavy atom. The van der Waals surface area contributed by atoms with Crippen molar-refractivity contribution in [1.29, 1.82) is 0 Å². The summed E-state index contributed by atoms with van der Waals surface area (Å²) in [5.41, 5.74) is 2.50. The van der Waals surface area contributed by atoms with E-state index in [2.05, 4.69) is 15.8 Å². The van der Waals surface area contributed by atoms with E-state index in [1.165, 1.54) is 24.4 Å². The zero-order valence-corrected chi connectivity index (χ0v) is 19.6. The maximum Gasteiger partial charge on any atom is 0.271 e. The zero-order chi connectivity index (χ0) is 25.3. The lowest BCUT2D eigenvalue weighted by molar-refractivity contribution is -0.384. The summed E-state index contributed by atoms with van der Waals surface area (Å²) in [6.45, 7) is 2.94. The standard InChI is InChI=1S/C21H25N5O7S/c1-15(2)23-21(28)14-33-19-9-7-16(8-10-19)12-22-24-20(27)13-25(34(3,31)32)17-5-4-6-18(11-17)26(29)30/h4-12,15H,13-14H2,1-3H3,(H,23,28)(H,24,27)/b22-12-. The third kappa shape index (κ3) is 8.50. The molecule has 2 aromatic carbocycles. The number of nitro groups is 1. The summed E-state index contributed by atoms with van der Waals surface area (Å²) in [5.74, 6) is -0.512.